The van der Waals surface area contributed by atoms with Gasteiger partial charge in [-0.1, -0.05) is 6.42 Å². The molecule has 0 aliphatic heterocycles. The summed E-state index contributed by atoms with van der Waals surface area (Å²) < 4.78 is 30.9. The van der Waals surface area contributed by atoms with Crippen molar-refractivity contribution < 1.29 is 23.1 Å². The Morgan fingerprint density at radius 3 is 2.61 bits per heavy atom. The summed E-state index contributed by atoms with van der Waals surface area (Å²) in [6, 6.07) is -0.296. The number of carboxylic acids is 1. The molecule has 1 saturated carbocycles. The van der Waals surface area contributed by atoms with E-state index in [0.717, 1.165) is 0 Å². The molecule has 3 atom stereocenters. The number of sulfonamides is 1. The van der Waals surface area contributed by atoms with E-state index >= 15 is 0 Å². The number of ether oxygens (including phenoxy) is 1. The monoisotopic (exact) mass is 279 g/mol. The summed E-state index contributed by atoms with van der Waals surface area (Å²) in [5.41, 5.74) is 0. The Labute approximate surface area is 108 Å². The van der Waals surface area contributed by atoms with Crippen molar-refractivity contribution in [1.82, 2.24) is 4.31 Å². The molecule has 0 saturated heterocycles. The third kappa shape index (κ3) is 3.02. The van der Waals surface area contributed by atoms with Crippen LogP contribution in [0.4, 0.5) is 0 Å². The molecule has 0 heterocycles. The maximum Gasteiger partial charge on any atom is 0.307 e. The fourth-order valence-corrected chi connectivity index (χ4v) is 4.50. The summed E-state index contributed by atoms with van der Waals surface area (Å²) in [6.07, 6.45) is 1.50. The smallest absolute Gasteiger partial charge is 0.307 e. The van der Waals surface area contributed by atoms with Crippen LogP contribution in [0.15, 0.2) is 0 Å². The van der Waals surface area contributed by atoms with E-state index in [-0.39, 0.29) is 6.04 Å². The van der Waals surface area contributed by atoms with E-state index in [2.05, 4.69) is 0 Å². The average molecular weight is 279 g/mol. The second-order valence-corrected chi connectivity index (χ2v) is 6.99. The van der Waals surface area contributed by atoms with Gasteiger partial charge in [-0.25, -0.2) is 8.42 Å². The van der Waals surface area contributed by atoms with Crippen LogP contribution in [-0.4, -0.2) is 55.9 Å². The summed E-state index contributed by atoms with van der Waals surface area (Å²) in [7, 11) is -0.593. The first-order valence-corrected chi connectivity index (χ1v) is 7.51. The largest absolute Gasteiger partial charge is 0.481 e. The topological polar surface area (TPSA) is 83.9 Å². The Hall–Kier alpha value is -0.660. The molecule has 1 aliphatic rings. The number of hydrogen-bond donors (Lipinski definition) is 1. The predicted octanol–water partition coefficient (Wildman–Crippen LogP) is 0.536. The number of hydrogen-bond acceptors (Lipinski definition) is 4. The zero-order chi connectivity index (χ0) is 13.9. The molecule has 18 heavy (non-hydrogen) atoms. The zero-order valence-corrected chi connectivity index (χ0v) is 11.8. The second kappa shape index (κ2) is 5.99. The first-order chi connectivity index (χ1) is 8.32. The van der Waals surface area contributed by atoms with E-state index in [1.54, 1.807) is 6.92 Å². The van der Waals surface area contributed by atoms with E-state index in [1.807, 2.05) is 0 Å². The highest BCUT2D eigenvalue weighted by atomic mass is 32.2. The fourth-order valence-electron chi connectivity index (χ4n) is 2.38. The predicted molar refractivity (Wildman–Crippen MR) is 66.8 cm³/mol. The third-order valence-electron chi connectivity index (χ3n) is 3.58. The van der Waals surface area contributed by atoms with Gasteiger partial charge in [-0.05, 0) is 19.8 Å². The minimum Gasteiger partial charge on any atom is -0.481 e. The van der Waals surface area contributed by atoms with Crippen molar-refractivity contribution in [3.63, 3.8) is 0 Å². The van der Waals surface area contributed by atoms with Crippen LogP contribution in [0, 0.1) is 5.92 Å². The van der Waals surface area contributed by atoms with Gasteiger partial charge in [0.1, 0.15) is 0 Å². The van der Waals surface area contributed by atoms with Gasteiger partial charge < -0.3 is 9.84 Å². The third-order valence-corrected chi connectivity index (χ3v) is 6.07. The highest BCUT2D eigenvalue weighted by Crippen LogP contribution is 2.33. The molecule has 6 nitrogen and oxygen atoms in total. The van der Waals surface area contributed by atoms with Crippen LogP contribution in [-0.2, 0) is 19.6 Å². The van der Waals surface area contributed by atoms with Crippen LogP contribution in [0.5, 0.6) is 0 Å². The number of nitrogens with zero attached hydrogens (tertiary/aromatic N) is 1. The molecule has 0 aromatic rings. The summed E-state index contributed by atoms with van der Waals surface area (Å²) >= 11 is 0. The van der Waals surface area contributed by atoms with Gasteiger partial charge in [-0.3, -0.25) is 4.79 Å². The van der Waals surface area contributed by atoms with Crippen LogP contribution < -0.4 is 0 Å². The minimum absolute atomic E-state index is 0.292. The lowest BCUT2D eigenvalue weighted by atomic mass is 10.1. The second-order valence-electron chi connectivity index (χ2n) is 4.78. The molecule has 1 rings (SSSR count). The average Bonchev–Trinajstić information content (AvgIpc) is 2.77. The Morgan fingerprint density at radius 1 is 1.50 bits per heavy atom. The van der Waals surface area contributed by atoms with E-state index in [4.69, 9.17) is 9.84 Å². The number of aliphatic carboxylic acids is 1. The Kier molecular flexibility index (Phi) is 5.12. The van der Waals surface area contributed by atoms with Gasteiger partial charge in [0.25, 0.3) is 0 Å². The summed E-state index contributed by atoms with van der Waals surface area (Å²) in [5, 5.41) is 8.26. The molecular weight excluding hydrogens is 258 g/mol. The quantitative estimate of drug-likeness (QED) is 0.767. The van der Waals surface area contributed by atoms with E-state index in [0.29, 0.717) is 25.9 Å². The molecule has 0 aromatic heterocycles. The number of likely N-dealkylation sites (N-methyl/N-ethyl adjacent to an activating group) is 1. The molecule has 0 aromatic carbocycles. The molecule has 106 valence electrons. The molecule has 1 fully saturated rings. The molecule has 7 heteroatoms. The molecule has 3 unspecified atom stereocenters. The van der Waals surface area contributed by atoms with Gasteiger partial charge in [-0.15, -0.1) is 0 Å². The molecule has 1 aliphatic carbocycles. The maximum absolute atomic E-state index is 12.4. The van der Waals surface area contributed by atoms with Gasteiger partial charge in [0.05, 0.1) is 17.8 Å². The fraction of sp³-hybridized carbons (Fsp3) is 0.909. The van der Waals surface area contributed by atoms with Crippen molar-refractivity contribution in [3.05, 3.63) is 0 Å². The molecule has 0 bridgehead atoms. The first-order valence-electron chi connectivity index (χ1n) is 6.01. The SMILES string of the molecule is COCC(C)N(C)S(=O)(=O)C1CCCC1C(=O)O. The van der Waals surface area contributed by atoms with E-state index in [1.165, 1.54) is 18.5 Å². The molecular formula is C11H21NO5S. The van der Waals surface area contributed by atoms with Crippen molar-refractivity contribution in [3.8, 4) is 0 Å². The number of rotatable bonds is 6. The number of methoxy groups -OCH3 is 1. The molecule has 0 spiro atoms. The molecule has 0 amide bonds. The van der Waals surface area contributed by atoms with E-state index in [9.17, 15) is 13.2 Å². The lowest BCUT2D eigenvalue weighted by Crippen LogP contribution is -2.45. The highest BCUT2D eigenvalue weighted by molar-refractivity contribution is 7.89. The zero-order valence-electron chi connectivity index (χ0n) is 11.0. The number of carbonyl (C=O) groups is 1. The highest BCUT2D eigenvalue weighted by Gasteiger charge is 2.44. The van der Waals surface area contributed by atoms with Gasteiger partial charge in [0.2, 0.25) is 10.0 Å². The van der Waals surface area contributed by atoms with E-state index < -0.39 is 27.2 Å². The van der Waals surface area contributed by atoms with Crippen LogP contribution in [0.2, 0.25) is 0 Å². The standard InChI is InChI=1S/C11H21NO5S/c1-8(7-17-3)12(2)18(15,16)10-6-4-5-9(10)11(13)14/h8-10H,4-7H2,1-3H3,(H,13,14). The molecule has 0 radical (unpaired) electrons. The van der Waals surface area contributed by atoms with Gasteiger partial charge in [-0.2, -0.15) is 4.31 Å². The Bertz CT molecular complexity index is 394. The lowest BCUT2D eigenvalue weighted by Gasteiger charge is -2.28. The van der Waals surface area contributed by atoms with Gasteiger partial charge in [0.15, 0.2) is 0 Å². The van der Waals surface area contributed by atoms with Crippen LogP contribution in [0.1, 0.15) is 26.2 Å². The Morgan fingerprint density at radius 2 is 2.11 bits per heavy atom. The van der Waals surface area contributed by atoms with Crippen molar-refractivity contribution in [2.24, 2.45) is 5.92 Å². The molecule has 1 N–H and O–H groups in total. The number of carboxylic acid groups (broad SMARTS) is 1. The summed E-state index contributed by atoms with van der Waals surface area (Å²) in [4.78, 5) is 11.1. The van der Waals surface area contributed by atoms with Crippen molar-refractivity contribution >= 4 is 16.0 Å². The minimum atomic E-state index is -3.58. The van der Waals surface area contributed by atoms with Crippen molar-refractivity contribution in [2.45, 2.75) is 37.5 Å². The summed E-state index contributed by atoms with van der Waals surface area (Å²) in [6.45, 7) is 2.03. The normalized spacial score (nSPS) is 26.4. The first kappa shape index (κ1) is 15.4. The van der Waals surface area contributed by atoms with Crippen molar-refractivity contribution in [2.75, 3.05) is 20.8 Å². The maximum atomic E-state index is 12.4. The van der Waals surface area contributed by atoms with Crippen LogP contribution >= 0.6 is 0 Å². The van der Waals surface area contributed by atoms with Crippen molar-refractivity contribution in [1.29, 1.82) is 0 Å². The lowest BCUT2D eigenvalue weighted by molar-refractivity contribution is -0.141. The summed E-state index contributed by atoms with van der Waals surface area (Å²) in [5.74, 6) is -1.80. The van der Waals surface area contributed by atoms with Gasteiger partial charge >= 0.3 is 5.97 Å². The van der Waals surface area contributed by atoms with Crippen LogP contribution in [0.25, 0.3) is 0 Å². The Balaban J connectivity index is 2.88. The van der Waals surface area contributed by atoms with Gasteiger partial charge in [0, 0.05) is 20.2 Å². The van der Waals surface area contributed by atoms with Crippen LogP contribution in [0.3, 0.4) is 0 Å².